The number of rotatable bonds is 11. The Labute approximate surface area is 469 Å². The van der Waals surface area contributed by atoms with Crippen LogP contribution < -0.4 is 11.1 Å². The Bertz CT molecular complexity index is 4480. The Morgan fingerprint density at radius 1 is 0.481 bits per heavy atom. The van der Waals surface area contributed by atoms with Gasteiger partial charge in [0, 0.05) is 65.7 Å². The maximum atomic E-state index is 14.1. The zero-order valence-electron chi connectivity index (χ0n) is 42.0. The van der Waals surface area contributed by atoms with Gasteiger partial charge in [-0.15, -0.1) is 26.9 Å². The molecule has 8 heterocycles. The number of hydrogen-bond donors (Lipinski definition) is 1. The van der Waals surface area contributed by atoms with Gasteiger partial charge >= 0.3 is 0 Å². The van der Waals surface area contributed by atoms with Crippen molar-refractivity contribution in [2.24, 2.45) is 0 Å². The molecule has 6 aromatic carbocycles. The fraction of sp³-hybridized carbons (Fsp3) is 0.0968. The highest BCUT2D eigenvalue weighted by atomic mass is 35.5. The average Bonchev–Trinajstić information content (AvgIpc) is 4.43. The second-order valence-corrected chi connectivity index (χ2v) is 18.5. The van der Waals surface area contributed by atoms with E-state index < -0.39 is 0 Å². The van der Waals surface area contributed by atoms with Gasteiger partial charge in [0.2, 0.25) is 0 Å². The normalized spacial score (nSPS) is 10.9. The first-order chi connectivity index (χ1) is 39.0. The molecule has 400 valence electrons. The third-order valence-corrected chi connectivity index (χ3v) is 13.5. The van der Waals surface area contributed by atoms with E-state index in [9.17, 15) is 9.59 Å². The van der Waals surface area contributed by atoms with Gasteiger partial charge in [-0.25, -0.2) is 4.68 Å². The van der Waals surface area contributed by atoms with Crippen LogP contribution in [0.5, 0.6) is 0 Å². The number of aromatic nitrogens is 16. The van der Waals surface area contributed by atoms with E-state index in [1.165, 1.54) is 15.4 Å². The molecule has 0 bridgehead atoms. The van der Waals surface area contributed by atoms with Crippen LogP contribution in [-0.2, 0) is 19.6 Å². The van der Waals surface area contributed by atoms with Crippen molar-refractivity contribution in [2.45, 2.75) is 34.5 Å². The summed E-state index contributed by atoms with van der Waals surface area (Å²) in [5.74, 6) is 0.402. The van der Waals surface area contributed by atoms with Crippen LogP contribution in [0, 0.1) is 0 Å². The first kappa shape index (κ1) is 53.8. The third-order valence-electron chi connectivity index (χ3n) is 13.3. The Morgan fingerprint density at radius 2 is 0.951 bits per heavy atom. The molecule has 0 spiro atoms. The lowest BCUT2D eigenvalue weighted by Gasteiger charge is -2.14. The minimum Gasteiger partial charge on any atom is -0.330 e. The maximum absolute atomic E-state index is 14.1. The second kappa shape index (κ2) is 24.4. The van der Waals surface area contributed by atoms with Gasteiger partial charge in [0.25, 0.3) is 11.1 Å². The van der Waals surface area contributed by atoms with Crippen molar-refractivity contribution in [3.8, 4) is 67.0 Å². The molecular formula is C62H53ClN16O2. The van der Waals surface area contributed by atoms with E-state index in [1.807, 2.05) is 199 Å². The van der Waals surface area contributed by atoms with Crippen molar-refractivity contribution < 1.29 is 0 Å². The first-order valence-corrected chi connectivity index (χ1v) is 25.7. The first-order valence-electron chi connectivity index (χ1n) is 25.2. The number of fused-ring (bicyclic) bond motifs is 4. The third kappa shape index (κ3) is 11.0. The van der Waals surface area contributed by atoms with Crippen LogP contribution in [0.3, 0.4) is 0 Å². The number of H-pyrrole nitrogens is 1. The van der Waals surface area contributed by atoms with Gasteiger partial charge in [0.1, 0.15) is 29.0 Å². The molecule has 0 radical (unpaired) electrons. The molecule has 14 rings (SSSR count). The van der Waals surface area contributed by atoms with Crippen LogP contribution in [0.2, 0.25) is 0 Å². The summed E-state index contributed by atoms with van der Waals surface area (Å²) in [5, 5.41) is 35.5. The summed E-state index contributed by atoms with van der Waals surface area (Å²) in [7, 11) is 0. The molecule has 18 nitrogen and oxygen atoms in total. The number of hydrogen-bond acceptors (Lipinski definition) is 12. The summed E-state index contributed by atoms with van der Waals surface area (Å²) in [6.07, 6.45) is 10.3. The number of benzene rings is 6. The molecule has 0 saturated carbocycles. The van der Waals surface area contributed by atoms with Crippen molar-refractivity contribution in [3.05, 3.63) is 240 Å². The Kier molecular flexibility index (Phi) is 16.2. The SMILES string of the molecule is C.C.O=c1c(-c2ccc3ncccc3c2)cn(CCCl)c2c(-c3ccccc3)c(-c3ccccc3)nn12.O=c1c(-c2ccc3ncccc3c2)cn(CCn2cnnn2)c2c(-c3ccccc3)c(-c3ccccc3)nn12.c1nn[nH]n1. The highest BCUT2D eigenvalue weighted by Crippen LogP contribution is 2.37. The highest BCUT2D eigenvalue weighted by Gasteiger charge is 2.25. The standard InChI is InChI=1S/C30H22N8O.C29H21ClN4O.CH2N4.2CH4/c39-30-25(23-13-14-26-24(18-23)12-7-15-31-26)19-36(16-17-37-20-32-34-35-37)29-27(21-8-3-1-4-9-21)28(33-38(29)30)22-10-5-2-6-11-22;30-15-17-33-19-24(22-13-14-25-23(18-22)12-7-16-31-25)29(35)34-28(33)26(20-8-3-1-4-9-20)27(32-34)21-10-5-2-6-11-21;1-2-4-5-3-1;;/h1-15,18-20H,16-17H2;1-14,16,18-19H,15,17H2;1H,(H,2,3,4,5);2*1H4. The number of alkyl halides is 1. The van der Waals surface area contributed by atoms with E-state index in [0.29, 0.717) is 42.3 Å². The van der Waals surface area contributed by atoms with E-state index in [0.717, 1.165) is 83.3 Å². The average molecular weight is 1090 g/mol. The number of nitrogens with zero attached hydrogens (tertiary/aromatic N) is 15. The zero-order valence-corrected chi connectivity index (χ0v) is 42.8. The molecule has 0 aliphatic heterocycles. The topological polar surface area (TPSA) is 202 Å². The molecule has 1 N–H and O–H groups in total. The quantitative estimate of drug-likeness (QED) is 0.120. The van der Waals surface area contributed by atoms with Gasteiger partial charge in [0.05, 0.1) is 39.8 Å². The molecule has 0 fully saturated rings. The molecule has 14 aromatic rings. The fourth-order valence-corrected chi connectivity index (χ4v) is 9.86. The maximum Gasteiger partial charge on any atom is 0.282 e. The van der Waals surface area contributed by atoms with Crippen molar-refractivity contribution >= 4 is 44.7 Å². The van der Waals surface area contributed by atoms with Crippen LogP contribution in [-0.4, -0.2) is 85.0 Å². The van der Waals surface area contributed by atoms with E-state index in [-0.39, 0.29) is 26.0 Å². The summed E-state index contributed by atoms with van der Waals surface area (Å²) in [6.45, 7) is 1.58. The van der Waals surface area contributed by atoms with Gasteiger partial charge in [0.15, 0.2) is 6.33 Å². The monoisotopic (exact) mass is 1090 g/mol. The summed E-state index contributed by atoms with van der Waals surface area (Å²) >= 11 is 6.24. The van der Waals surface area contributed by atoms with Crippen molar-refractivity contribution in [1.82, 2.24) is 79.2 Å². The molecule has 0 atom stereocenters. The Morgan fingerprint density at radius 3 is 1.36 bits per heavy atom. The largest absolute Gasteiger partial charge is 0.330 e. The van der Waals surface area contributed by atoms with Crippen LogP contribution in [0.4, 0.5) is 0 Å². The van der Waals surface area contributed by atoms with E-state index in [1.54, 1.807) is 23.4 Å². The van der Waals surface area contributed by atoms with Gasteiger partial charge in [-0.05, 0) is 69.1 Å². The van der Waals surface area contributed by atoms with Gasteiger partial charge in [-0.3, -0.25) is 19.6 Å². The molecule has 19 heteroatoms. The molecule has 0 amide bonds. The highest BCUT2D eigenvalue weighted by molar-refractivity contribution is 6.17. The summed E-state index contributed by atoms with van der Waals surface area (Å²) < 4.78 is 8.85. The van der Waals surface area contributed by atoms with Gasteiger partial charge in [-0.1, -0.05) is 166 Å². The molecule has 0 aliphatic carbocycles. The second-order valence-electron chi connectivity index (χ2n) is 18.1. The summed E-state index contributed by atoms with van der Waals surface area (Å²) in [5.41, 5.74) is 12.7. The number of tetrazole rings is 2. The predicted molar refractivity (Wildman–Crippen MR) is 318 cm³/mol. The minimum atomic E-state index is -0.189. The smallest absolute Gasteiger partial charge is 0.282 e. The number of nitrogens with one attached hydrogen (secondary N) is 1. The molecule has 8 aromatic heterocycles. The van der Waals surface area contributed by atoms with Crippen molar-refractivity contribution in [2.75, 3.05) is 5.88 Å². The lowest BCUT2D eigenvalue weighted by molar-refractivity contribution is 0.521. The predicted octanol–water partition coefficient (Wildman–Crippen LogP) is 11.5. The molecule has 81 heavy (non-hydrogen) atoms. The molecule has 0 saturated heterocycles. The van der Waals surface area contributed by atoms with Crippen molar-refractivity contribution in [1.29, 1.82) is 0 Å². The van der Waals surface area contributed by atoms with E-state index in [4.69, 9.17) is 21.8 Å². The molecule has 0 aliphatic rings. The van der Waals surface area contributed by atoms with Crippen LogP contribution >= 0.6 is 11.6 Å². The fourth-order valence-electron chi connectivity index (χ4n) is 9.68. The van der Waals surface area contributed by atoms with Gasteiger partial charge < -0.3 is 9.13 Å². The van der Waals surface area contributed by atoms with Crippen LogP contribution in [0.15, 0.2) is 229 Å². The lowest BCUT2D eigenvalue weighted by Crippen LogP contribution is -2.22. The van der Waals surface area contributed by atoms with E-state index >= 15 is 0 Å². The van der Waals surface area contributed by atoms with Crippen LogP contribution in [0.1, 0.15) is 14.9 Å². The van der Waals surface area contributed by atoms with Gasteiger partial charge in [-0.2, -0.15) is 24.4 Å². The van der Waals surface area contributed by atoms with Crippen molar-refractivity contribution in [3.63, 3.8) is 0 Å². The zero-order chi connectivity index (χ0) is 53.5. The minimum absolute atomic E-state index is 0. The number of halogens is 1. The Balaban J connectivity index is 0.000000164. The number of pyridine rings is 2. The molecular weight excluding hydrogens is 1040 g/mol. The number of aryl methyl sites for hydroxylation is 3. The molecule has 0 unspecified atom stereocenters. The van der Waals surface area contributed by atoms with Crippen LogP contribution in [0.25, 0.3) is 100 Å². The summed E-state index contributed by atoms with van der Waals surface area (Å²) in [6, 6.07) is 59.6. The Hall–Kier alpha value is -10.6. The van der Waals surface area contributed by atoms with E-state index in [2.05, 4.69) is 50.7 Å². The summed E-state index contributed by atoms with van der Waals surface area (Å²) in [4.78, 5) is 36.8. The lowest BCUT2D eigenvalue weighted by atomic mass is 10.0. The number of aromatic amines is 1.